The quantitative estimate of drug-likeness (QED) is 0.356. The van der Waals surface area contributed by atoms with E-state index < -0.39 is 48.2 Å². The predicted molar refractivity (Wildman–Crippen MR) is 70.1 cm³/mol. The van der Waals surface area contributed by atoms with Gasteiger partial charge in [0, 0.05) is 13.8 Å². The molecule has 0 aliphatic carbocycles. The van der Waals surface area contributed by atoms with Crippen molar-refractivity contribution >= 4 is 39.3 Å². The van der Waals surface area contributed by atoms with Gasteiger partial charge < -0.3 is 23.8 Å². The number of carboxylic acid groups (broad SMARTS) is 1. The summed E-state index contributed by atoms with van der Waals surface area (Å²) in [4.78, 5) is 56.1. The van der Waals surface area contributed by atoms with Gasteiger partial charge in [-0.15, -0.1) is 0 Å². The molecule has 0 saturated carbocycles. The lowest BCUT2D eigenvalue weighted by Crippen LogP contribution is -2.47. The Balaban J connectivity index is 5.39. The second-order valence-electron chi connectivity index (χ2n) is 3.91. The van der Waals surface area contributed by atoms with Gasteiger partial charge in [0.05, 0.1) is 9.47 Å². The minimum atomic E-state index is -2.00. The molecule has 0 bridgehead atoms. The molecule has 0 aliphatic heterocycles. The molecule has 0 aromatic heterocycles. The third kappa shape index (κ3) is 6.49. The van der Waals surface area contributed by atoms with Crippen molar-refractivity contribution in [2.24, 2.45) is 0 Å². The normalized spacial score (nSPS) is 14.0. The highest BCUT2D eigenvalue weighted by molar-refractivity contribution is 7.10. The van der Waals surface area contributed by atoms with E-state index in [1.165, 1.54) is 0 Å². The lowest BCUT2D eigenvalue weighted by Gasteiger charge is -2.23. The Hall–Kier alpha value is -2.22. The highest BCUT2D eigenvalue weighted by Crippen LogP contribution is 2.13. The first-order valence-electron chi connectivity index (χ1n) is 5.78. The van der Waals surface area contributed by atoms with Crippen molar-refractivity contribution in [3.05, 3.63) is 0 Å². The maximum absolute atomic E-state index is 11.9. The largest absolute Gasteiger partial charge is 0.479 e. The zero-order chi connectivity index (χ0) is 17.4. The summed E-state index contributed by atoms with van der Waals surface area (Å²) in [5, 5.41) is 8.67. The maximum atomic E-state index is 11.9. The molecule has 0 amide bonds. The Bertz CT molecular complexity index is 473. The second kappa shape index (κ2) is 8.93. The van der Waals surface area contributed by atoms with E-state index in [4.69, 9.17) is 5.11 Å². The second-order valence-corrected chi connectivity index (χ2v) is 4.15. The van der Waals surface area contributed by atoms with Gasteiger partial charge in [0.2, 0.25) is 12.2 Å². The molecule has 0 heterocycles. The van der Waals surface area contributed by atoms with Gasteiger partial charge in [-0.05, 0) is 6.92 Å². The molecule has 0 aromatic carbocycles. The fourth-order valence-corrected chi connectivity index (χ4v) is 1.32. The lowest BCUT2D eigenvalue weighted by atomic mass is 10.2. The van der Waals surface area contributed by atoms with Crippen molar-refractivity contribution in [1.82, 2.24) is 0 Å². The van der Waals surface area contributed by atoms with Crippen molar-refractivity contribution in [3.63, 3.8) is 0 Å². The third-order valence-electron chi connectivity index (χ3n) is 2.08. The maximum Gasteiger partial charge on any atom is 0.354 e. The number of carboxylic acids is 1. The van der Waals surface area contributed by atoms with E-state index >= 15 is 0 Å². The van der Waals surface area contributed by atoms with E-state index in [0.29, 0.717) is 0 Å². The van der Waals surface area contributed by atoms with Crippen molar-refractivity contribution in [2.75, 3.05) is 0 Å². The van der Waals surface area contributed by atoms with Crippen LogP contribution in [0.1, 0.15) is 20.8 Å². The molecule has 0 aliphatic rings. The summed E-state index contributed by atoms with van der Waals surface area (Å²) in [5.74, 6) is -6.01. The molecule has 1 N–H and O–H groups in total. The van der Waals surface area contributed by atoms with E-state index in [2.05, 4.69) is 18.7 Å². The summed E-state index contributed by atoms with van der Waals surface area (Å²) >= 11 is 0. The Labute approximate surface area is 127 Å². The zero-order valence-corrected chi connectivity index (χ0v) is 13.1. The van der Waals surface area contributed by atoms with Crippen LogP contribution >= 0.6 is 9.47 Å². The zero-order valence-electron chi connectivity index (χ0n) is 11.9. The fourth-order valence-electron chi connectivity index (χ4n) is 1.18. The van der Waals surface area contributed by atoms with Gasteiger partial charge in [-0.3, -0.25) is 9.59 Å². The van der Waals surface area contributed by atoms with Crippen molar-refractivity contribution in [1.29, 1.82) is 0 Å². The van der Waals surface area contributed by atoms with Gasteiger partial charge in [0.1, 0.15) is 0 Å². The number of ether oxygens (including phenoxy) is 3. The highest BCUT2D eigenvalue weighted by Gasteiger charge is 2.42. The molecule has 11 heteroatoms. The van der Waals surface area contributed by atoms with Gasteiger partial charge in [0.15, 0.2) is 6.10 Å². The Morgan fingerprint density at radius 1 is 0.864 bits per heavy atom. The van der Waals surface area contributed by atoms with E-state index in [1.807, 2.05) is 0 Å². The third-order valence-corrected chi connectivity index (χ3v) is 2.31. The number of hydrogen-bond donors (Lipinski definition) is 1. The monoisotopic (exact) mass is 338 g/mol. The first-order valence-corrected chi connectivity index (χ1v) is 6.25. The van der Waals surface area contributed by atoms with Crippen LogP contribution in [0, 0.1) is 0 Å². The Morgan fingerprint density at radius 2 is 1.27 bits per heavy atom. The number of carbonyl (C=O) groups is 5. The standard InChI is InChI=1S/C11H15O10P/c1-4(9(14)15)18-10(16)7(19-5(2)12)8(11(17)21-22)20-6(3)13/h4,7-8H,22H2,1-3H3,(H,14,15)/t4-,7-,8-/m0/s1. The van der Waals surface area contributed by atoms with Gasteiger partial charge >= 0.3 is 29.8 Å². The molecule has 1 unspecified atom stereocenters. The molecule has 0 fully saturated rings. The molecule has 4 atom stereocenters. The van der Waals surface area contributed by atoms with E-state index in [1.54, 1.807) is 9.47 Å². The molecule has 0 radical (unpaired) electrons. The number of aliphatic carboxylic acids is 1. The average Bonchev–Trinajstić information content (AvgIpc) is 2.40. The molecule has 10 nitrogen and oxygen atoms in total. The first-order chi connectivity index (χ1) is 10.1. The minimum Gasteiger partial charge on any atom is -0.479 e. The summed E-state index contributed by atoms with van der Waals surface area (Å²) in [7, 11) is 1.57. The van der Waals surface area contributed by atoms with Crippen LogP contribution < -0.4 is 0 Å². The van der Waals surface area contributed by atoms with Crippen LogP contribution in [0.2, 0.25) is 0 Å². The van der Waals surface area contributed by atoms with Crippen molar-refractivity contribution in [2.45, 2.75) is 39.1 Å². The molecule has 0 aromatic rings. The van der Waals surface area contributed by atoms with E-state index in [-0.39, 0.29) is 0 Å². The molecular weight excluding hydrogens is 323 g/mol. The van der Waals surface area contributed by atoms with Crippen LogP contribution in [-0.4, -0.2) is 53.3 Å². The van der Waals surface area contributed by atoms with Crippen molar-refractivity contribution in [3.8, 4) is 0 Å². The summed E-state index contributed by atoms with van der Waals surface area (Å²) in [5.41, 5.74) is 0. The van der Waals surface area contributed by atoms with Crippen molar-refractivity contribution < 1.29 is 47.8 Å². The fraction of sp³-hybridized carbons (Fsp3) is 0.545. The van der Waals surface area contributed by atoms with Crippen LogP contribution in [0.5, 0.6) is 0 Å². The summed E-state index contributed by atoms with van der Waals surface area (Å²) in [6.45, 7) is 2.91. The van der Waals surface area contributed by atoms with Crippen LogP contribution in [0.4, 0.5) is 0 Å². The van der Waals surface area contributed by atoms with E-state index in [9.17, 15) is 24.0 Å². The number of carbonyl (C=O) groups excluding carboxylic acids is 4. The van der Waals surface area contributed by atoms with Gasteiger partial charge in [0.25, 0.3) is 0 Å². The molecule has 0 spiro atoms. The van der Waals surface area contributed by atoms with Crippen LogP contribution in [0.3, 0.4) is 0 Å². The van der Waals surface area contributed by atoms with Crippen LogP contribution in [0.25, 0.3) is 0 Å². The SMILES string of the molecule is CC(=O)O[C@H](C(=O)OP)[C@H](OC(C)=O)C(=O)O[C@@H](C)C(=O)O. The number of hydrogen-bond acceptors (Lipinski definition) is 9. The van der Waals surface area contributed by atoms with Gasteiger partial charge in [-0.25, -0.2) is 14.4 Å². The number of esters is 3. The van der Waals surface area contributed by atoms with Gasteiger partial charge in [-0.1, -0.05) is 0 Å². The molecule has 0 rings (SSSR count). The Kier molecular flexibility index (Phi) is 8.03. The Morgan fingerprint density at radius 3 is 1.59 bits per heavy atom. The topological polar surface area (TPSA) is 142 Å². The van der Waals surface area contributed by atoms with E-state index in [0.717, 1.165) is 20.8 Å². The first kappa shape index (κ1) is 19.8. The van der Waals surface area contributed by atoms with Gasteiger partial charge in [-0.2, -0.15) is 0 Å². The molecule has 124 valence electrons. The summed E-state index contributed by atoms with van der Waals surface area (Å²) < 4.78 is 17.9. The minimum absolute atomic E-state index is 0.928. The molecular formula is C11H15O10P. The average molecular weight is 338 g/mol. The highest BCUT2D eigenvalue weighted by atomic mass is 31.0. The lowest BCUT2D eigenvalue weighted by molar-refractivity contribution is -0.190. The molecule has 22 heavy (non-hydrogen) atoms. The predicted octanol–water partition coefficient (Wildman–Crippen LogP) is -0.801. The summed E-state index contributed by atoms with van der Waals surface area (Å²) in [6, 6.07) is 0. The molecule has 0 saturated heterocycles. The number of rotatable bonds is 7. The van der Waals surface area contributed by atoms with Crippen LogP contribution in [-0.2, 0) is 42.7 Å². The smallest absolute Gasteiger partial charge is 0.354 e. The van der Waals surface area contributed by atoms with Crippen LogP contribution in [0.15, 0.2) is 0 Å². The summed E-state index contributed by atoms with van der Waals surface area (Å²) in [6.07, 6.45) is -5.51.